The van der Waals surface area contributed by atoms with E-state index < -0.39 is 11.3 Å². The molecule has 2 aromatic carbocycles. The molecule has 5 rings (SSSR count). The van der Waals surface area contributed by atoms with Crippen molar-refractivity contribution >= 4 is 29.4 Å². The number of carbonyl (C=O) groups is 2. The Morgan fingerprint density at radius 3 is 2.80 bits per heavy atom. The average Bonchev–Trinajstić information content (AvgIpc) is 3.55. The number of allylic oxidation sites excluding steroid dienone is 1. The Bertz CT molecular complexity index is 1350. The molecule has 1 aromatic heterocycles. The number of nitrogens with zero attached hydrogens (tertiary/aromatic N) is 4. The first-order valence-corrected chi connectivity index (χ1v) is 12.0. The molecule has 2 aliphatic heterocycles. The lowest BCUT2D eigenvalue weighted by Gasteiger charge is -2.23. The Morgan fingerprint density at radius 2 is 1.97 bits per heavy atom. The van der Waals surface area contributed by atoms with Gasteiger partial charge in [-0.25, -0.2) is 4.79 Å². The van der Waals surface area contributed by atoms with Crippen molar-refractivity contribution in [1.29, 1.82) is 0 Å². The van der Waals surface area contributed by atoms with Crippen LogP contribution < -0.4 is 9.47 Å². The lowest BCUT2D eigenvalue weighted by Crippen LogP contribution is -2.54. The van der Waals surface area contributed by atoms with Gasteiger partial charge in [0.15, 0.2) is 11.8 Å². The largest absolute Gasteiger partial charge is 0.501 e. The van der Waals surface area contributed by atoms with E-state index in [0.29, 0.717) is 29.6 Å². The quantitative estimate of drug-likeness (QED) is 0.438. The average molecular weight is 492 g/mol. The number of urea groups is 1. The van der Waals surface area contributed by atoms with Crippen LogP contribution in [0.2, 0.25) is 0 Å². The lowest BCUT2D eigenvalue weighted by molar-refractivity contribution is -0.458. The summed E-state index contributed by atoms with van der Waals surface area (Å²) in [7, 11) is 1.58. The van der Waals surface area contributed by atoms with Gasteiger partial charge in [0.1, 0.15) is 23.8 Å². The number of methoxy groups -OCH3 is 1. The summed E-state index contributed by atoms with van der Waals surface area (Å²) >= 11 is 1.37. The molecule has 1 atom stereocenters. The number of imide groups is 1. The Balaban J connectivity index is 1.41. The highest BCUT2D eigenvalue weighted by molar-refractivity contribution is 8.04. The van der Waals surface area contributed by atoms with Crippen LogP contribution in [-0.4, -0.2) is 56.2 Å². The van der Waals surface area contributed by atoms with Crippen molar-refractivity contribution in [3.63, 3.8) is 0 Å². The van der Waals surface area contributed by atoms with E-state index >= 15 is 0 Å². The zero-order chi connectivity index (χ0) is 24.4. The number of fused-ring (bicyclic) bond motifs is 1. The van der Waals surface area contributed by atoms with Crippen LogP contribution in [0.3, 0.4) is 0 Å². The van der Waals surface area contributed by atoms with Gasteiger partial charge >= 0.3 is 11.9 Å². The molecule has 9 nitrogen and oxygen atoms in total. The molecule has 3 aromatic rings. The molecule has 0 saturated heterocycles. The summed E-state index contributed by atoms with van der Waals surface area (Å²) in [6.45, 7) is 2.65. The normalized spacial score (nSPS) is 17.2. The molecule has 178 valence electrons. The zero-order valence-electron chi connectivity index (χ0n) is 19.2. The third kappa shape index (κ3) is 4.57. The van der Waals surface area contributed by atoms with Gasteiger partial charge in [-0.2, -0.15) is 19.3 Å². The summed E-state index contributed by atoms with van der Waals surface area (Å²) in [6, 6.07) is 14.3. The number of amides is 3. The monoisotopic (exact) mass is 491 g/mol. The summed E-state index contributed by atoms with van der Waals surface area (Å²) in [6.07, 6.45) is 1.79. The minimum absolute atomic E-state index is 0.0512. The second-order valence-electron chi connectivity index (χ2n) is 7.86. The van der Waals surface area contributed by atoms with E-state index in [1.807, 2.05) is 60.9 Å². The van der Waals surface area contributed by atoms with Gasteiger partial charge in [0.2, 0.25) is 5.82 Å². The van der Waals surface area contributed by atoms with Crippen molar-refractivity contribution < 1.29 is 28.2 Å². The van der Waals surface area contributed by atoms with Gasteiger partial charge in [-0.1, -0.05) is 29.4 Å². The topological polar surface area (TPSA) is 97.8 Å². The molecule has 2 aliphatic rings. The summed E-state index contributed by atoms with van der Waals surface area (Å²) in [5, 5.41) is 5.41. The van der Waals surface area contributed by atoms with Crippen LogP contribution in [0.1, 0.15) is 18.4 Å². The molecule has 0 aliphatic carbocycles. The third-order valence-corrected chi connectivity index (χ3v) is 6.63. The van der Waals surface area contributed by atoms with Crippen LogP contribution in [0, 0.1) is 0 Å². The van der Waals surface area contributed by atoms with Crippen molar-refractivity contribution in [3.8, 4) is 22.9 Å². The zero-order valence-corrected chi connectivity index (χ0v) is 20.0. The highest BCUT2D eigenvalue weighted by atomic mass is 32.2. The van der Waals surface area contributed by atoms with Crippen molar-refractivity contribution in [3.05, 3.63) is 71.5 Å². The van der Waals surface area contributed by atoms with Crippen LogP contribution in [0.4, 0.5) is 4.79 Å². The fourth-order valence-corrected chi connectivity index (χ4v) is 4.94. The Morgan fingerprint density at radius 1 is 1.14 bits per heavy atom. The highest BCUT2D eigenvalue weighted by Gasteiger charge is 2.49. The summed E-state index contributed by atoms with van der Waals surface area (Å²) < 4.78 is 17.8. The maximum absolute atomic E-state index is 13.5. The molecule has 3 amide bonds. The first kappa shape index (κ1) is 22.9. The second-order valence-corrected chi connectivity index (χ2v) is 8.88. The van der Waals surface area contributed by atoms with Crippen LogP contribution in [-0.2, 0) is 17.9 Å². The number of rotatable bonds is 8. The van der Waals surface area contributed by atoms with E-state index in [1.54, 1.807) is 13.2 Å². The molecule has 0 saturated carbocycles. The first-order chi connectivity index (χ1) is 17.1. The van der Waals surface area contributed by atoms with Gasteiger partial charge in [-0.3, -0.25) is 0 Å². The maximum atomic E-state index is 13.5. The van der Waals surface area contributed by atoms with Crippen LogP contribution in [0.15, 0.2) is 64.5 Å². The number of benzene rings is 2. The predicted molar refractivity (Wildman–Crippen MR) is 129 cm³/mol. The molecule has 0 spiro atoms. The molecule has 10 heteroatoms. The molecular weight excluding hydrogens is 468 g/mol. The van der Waals surface area contributed by atoms with Gasteiger partial charge in [0.25, 0.3) is 5.89 Å². The number of hydrogen-bond acceptors (Lipinski definition) is 8. The molecule has 35 heavy (non-hydrogen) atoms. The highest BCUT2D eigenvalue weighted by Crippen LogP contribution is 2.30. The van der Waals surface area contributed by atoms with Crippen LogP contribution in [0.5, 0.6) is 11.5 Å². The van der Waals surface area contributed by atoms with Crippen molar-refractivity contribution in [2.45, 2.75) is 25.3 Å². The fourth-order valence-electron chi connectivity index (χ4n) is 3.97. The van der Waals surface area contributed by atoms with Crippen molar-refractivity contribution in [2.75, 3.05) is 13.7 Å². The molecular formula is C25H23N4O5S+. The Labute approximate surface area is 206 Å². The maximum Gasteiger partial charge on any atom is 0.501 e. The van der Waals surface area contributed by atoms with Gasteiger partial charge in [-0.05, 0) is 48.2 Å². The van der Waals surface area contributed by atoms with E-state index in [9.17, 15) is 9.59 Å². The number of aromatic nitrogens is 2. The van der Waals surface area contributed by atoms with Crippen molar-refractivity contribution in [1.82, 2.24) is 15.0 Å². The summed E-state index contributed by atoms with van der Waals surface area (Å²) in [5.41, 5.74) is 2.15. The number of hydrogen-bond donors (Lipinski definition) is 0. The summed E-state index contributed by atoms with van der Waals surface area (Å²) in [5.74, 6) is 1.78. The van der Waals surface area contributed by atoms with E-state index in [2.05, 4.69) is 10.1 Å². The SMILES string of the molecule is CCOc1cccc(-c2noc(C[N+]3=C4C=CSC4C(=O)N(Cc4cccc(OC)c4)C3=O)n2)c1. The van der Waals surface area contributed by atoms with Gasteiger partial charge in [-0.15, -0.1) is 11.8 Å². The van der Waals surface area contributed by atoms with Gasteiger partial charge in [0, 0.05) is 5.56 Å². The van der Waals surface area contributed by atoms with Crippen LogP contribution >= 0.6 is 11.8 Å². The number of carbonyl (C=O) groups excluding carboxylic acids is 2. The number of ether oxygens (including phenoxy) is 2. The molecule has 0 N–H and O–H groups in total. The fraction of sp³-hybridized carbons (Fsp3) is 0.240. The Hall–Kier alpha value is -3.92. The van der Waals surface area contributed by atoms with E-state index in [0.717, 1.165) is 11.1 Å². The van der Waals surface area contributed by atoms with Gasteiger partial charge in [0.05, 0.1) is 13.7 Å². The molecule has 0 radical (unpaired) electrons. The minimum Gasteiger partial charge on any atom is -0.497 e. The molecule has 1 unspecified atom stereocenters. The van der Waals surface area contributed by atoms with E-state index in [4.69, 9.17) is 14.0 Å². The lowest BCUT2D eigenvalue weighted by atomic mass is 10.1. The minimum atomic E-state index is -0.497. The molecule has 0 bridgehead atoms. The molecule has 3 heterocycles. The summed E-state index contributed by atoms with van der Waals surface area (Å²) in [4.78, 5) is 32.4. The smallest absolute Gasteiger partial charge is 0.497 e. The van der Waals surface area contributed by atoms with E-state index in [-0.39, 0.29) is 24.9 Å². The van der Waals surface area contributed by atoms with Crippen molar-refractivity contribution in [2.24, 2.45) is 0 Å². The second kappa shape index (κ2) is 9.75. The van der Waals surface area contributed by atoms with Gasteiger partial charge < -0.3 is 14.0 Å². The first-order valence-electron chi connectivity index (χ1n) is 11.1. The van der Waals surface area contributed by atoms with Crippen LogP contribution in [0.25, 0.3) is 11.4 Å². The predicted octanol–water partition coefficient (Wildman–Crippen LogP) is 3.89. The van der Waals surface area contributed by atoms with E-state index in [1.165, 1.54) is 21.2 Å². The standard InChI is InChI=1S/C25H23N4O5S/c1-3-33-19-9-5-7-17(13-19)23-26-21(34-27-23)15-28-20-10-11-35-22(20)24(30)29(25(28)31)14-16-6-4-8-18(12-16)32-2/h4-13,22H,3,14-15H2,1-2H3/q+1. The Kier molecular flexibility index (Phi) is 6.37. The molecule has 0 fully saturated rings. The third-order valence-electron chi connectivity index (χ3n) is 5.63. The number of thioether (sulfide) groups is 1.